The molecule has 2 heterocycles. The lowest BCUT2D eigenvalue weighted by molar-refractivity contribution is 0.661. The average molecular weight is 279 g/mol. The zero-order valence-corrected chi connectivity index (χ0v) is 12.0. The molecule has 106 valence electrons. The standard InChI is InChI=1S/C16H17N5/c1-21-10-4-6-14(13-5-2-3-7-15(13)21)20-16-18-9-8-12(11-17)19-16/h2-3,5,7-9,14H,4,6,10H2,1H3,(H,18,19,20)/t14-/m0/s1. The summed E-state index contributed by atoms with van der Waals surface area (Å²) in [5.41, 5.74) is 2.87. The van der Waals surface area contributed by atoms with Crippen LogP contribution in [0.5, 0.6) is 0 Å². The zero-order chi connectivity index (χ0) is 14.7. The molecule has 0 aliphatic carbocycles. The highest BCUT2D eigenvalue weighted by Crippen LogP contribution is 2.33. The van der Waals surface area contributed by atoms with E-state index in [1.807, 2.05) is 6.07 Å². The summed E-state index contributed by atoms with van der Waals surface area (Å²) < 4.78 is 0. The lowest BCUT2D eigenvalue weighted by Crippen LogP contribution is -2.17. The van der Waals surface area contributed by atoms with E-state index in [1.165, 1.54) is 11.3 Å². The molecule has 0 radical (unpaired) electrons. The molecule has 0 amide bonds. The second-order valence-electron chi connectivity index (χ2n) is 5.20. The Morgan fingerprint density at radius 2 is 2.19 bits per heavy atom. The Kier molecular flexibility index (Phi) is 3.69. The van der Waals surface area contributed by atoms with Crippen LogP contribution >= 0.6 is 0 Å². The van der Waals surface area contributed by atoms with Gasteiger partial charge in [0.05, 0.1) is 6.04 Å². The Bertz CT molecular complexity index is 676. The van der Waals surface area contributed by atoms with Crippen molar-refractivity contribution in [1.29, 1.82) is 5.26 Å². The Morgan fingerprint density at radius 1 is 1.33 bits per heavy atom. The summed E-state index contributed by atoms with van der Waals surface area (Å²) >= 11 is 0. The smallest absolute Gasteiger partial charge is 0.224 e. The number of hydrogen-bond donors (Lipinski definition) is 1. The molecule has 1 aromatic carbocycles. The van der Waals surface area contributed by atoms with E-state index in [9.17, 15) is 0 Å². The molecule has 0 saturated heterocycles. The third-order valence-corrected chi connectivity index (χ3v) is 3.78. The van der Waals surface area contributed by atoms with Gasteiger partial charge in [0.2, 0.25) is 5.95 Å². The molecule has 1 aliphatic rings. The quantitative estimate of drug-likeness (QED) is 0.915. The lowest BCUT2D eigenvalue weighted by atomic mass is 10.0. The van der Waals surface area contributed by atoms with Gasteiger partial charge in [0.15, 0.2) is 0 Å². The highest BCUT2D eigenvalue weighted by atomic mass is 15.1. The van der Waals surface area contributed by atoms with Gasteiger partial charge >= 0.3 is 0 Å². The monoisotopic (exact) mass is 279 g/mol. The van der Waals surface area contributed by atoms with Crippen LogP contribution in [-0.2, 0) is 0 Å². The predicted octanol–water partition coefficient (Wildman–Crippen LogP) is 2.73. The van der Waals surface area contributed by atoms with E-state index < -0.39 is 0 Å². The molecule has 1 atom stereocenters. The molecule has 1 N–H and O–H groups in total. The summed E-state index contributed by atoms with van der Waals surface area (Å²) in [6.07, 6.45) is 3.73. The van der Waals surface area contributed by atoms with Gasteiger partial charge in [-0.15, -0.1) is 0 Å². The van der Waals surface area contributed by atoms with Gasteiger partial charge in [-0.3, -0.25) is 0 Å². The van der Waals surface area contributed by atoms with Crippen molar-refractivity contribution in [3.8, 4) is 6.07 Å². The second-order valence-corrected chi connectivity index (χ2v) is 5.20. The third kappa shape index (κ3) is 2.79. The minimum Gasteiger partial charge on any atom is -0.374 e. The first-order valence-corrected chi connectivity index (χ1v) is 7.07. The Hall–Kier alpha value is -2.61. The number of rotatable bonds is 2. The average Bonchev–Trinajstić information content (AvgIpc) is 2.68. The van der Waals surface area contributed by atoms with Crippen LogP contribution in [0, 0.1) is 11.3 Å². The van der Waals surface area contributed by atoms with Crippen molar-refractivity contribution in [2.24, 2.45) is 0 Å². The van der Waals surface area contributed by atoms with Crippen LogP contribution in [0.2, 0.25) is 0 Å². The first-order chi connectivity index (χ1) is 10.3. The van der Waals surface area contributed by atoms with E-state index in [-0.39, 0.29) is 6.04 Å². The summed E-state index contributed by atoms with van der Waals surface area (Å²) in [6, 6.07) is 12.2. The zero-order valence-electron chi connectivity index (χ0n) is 12.0. The van der Waals surface area contributed by atoms with Crippen molar-refractivity contribution in [1.82, 2.24) is 9.97 Å². The highest BCUT2D eigenvalue weighted by molar-refractivity contribution is 5.56. The van der Waals surface area contributed by atoms with E-state index >= 15 is 0 Å². The van der Waals surface area contributed by atoms with Crippen molar-refractivity contribution < 1.29 is 0 Å². The molecule has 1 aromatic heterocycles. The molecule has 2 aromatic rings. The minimum atomic E-state index is 0.167. The van der Waals surface area contributed by atoms with E-state index in [0.29, 0.717) is 11.6 Å². The van der Waals surface area contributed by atoms with Crippen LogP contribution in [0.1, 0.15) is 30.1 Å². The Balaban J connectivity index is 1.91. The van der Waals surface area contributed by atoms with Gasteiger partial charge in [-0.05, 0) is 30.5 Å². The number of nitrogens with one attached hydrogen (secondary N) is 1. The normalized spacial score (nSPS) is 17.5. The summed E-state index contributed by atoms with van der Waals surface area (Å²) in [5.74, 6) is 0.512. The molecule has 3 rings (SSSR count). The number of anilines is 2. The molecule has 1 aliphatic heterocycles. The highest BCUT2D eigenvalue weighted by Gasteiger charge is 2.21. The summed E-state index contributed by atoms with van der Waals surface area (Å²) in [7, 11) is 2.12. The predicted molar refractivity (Wildman–Crippen MR) is 82.1 cm³/mol. The number of hydrogen-bond acceptors (Lipinski definition) is 5. The maximum atomic E-state index is 8.93. The van der Waals surface area contributed by atoms with E-state index in [0.717, 1.165) is 19.4 Å². The van der Waals surface area contributed by atoms with Gasteiger partial charge in [-0.2, -0.15) is 5.26 Å². The van der Waals surface area contributed by atoms with Crippen molar-refractivity contribution in [3.63, 3.8) is 0 Å². The maximum absolute atomic E-state index is 8.93. The number of para-hydroxylation sites is 1. The van der Waals surface area contributed by atoms with Crippen LogP contribution in [-0.4, -0.2) is 23.6 Å². The van der Waals surface area contributed by atoms with Gasteiger partial charge in [0.25, 0.3) is 0 Å². The molecule has 5 nitrogen and oxygen atoms in total. The van der Waals surface area contributed by atoms with E-state index in [4.69, 9.17) is 5.26 Å². The van der Waals surface area contributed by atoms with Crippen molar-refractivity contribution in [3.05, 3.63) is 47.8 Å². The summed E-state index contributed by atoms with van der Waals surface area (Å²) in [5, 5.41) is 12.3. The fraction of sp³-hybridized carbons (Fsp3) is 0.312. The van der Waals surface area contributed by atoms with Crippen molar-refractivity contribution in [2.75, 3.05) is 23.8 Å². The number of benzene rings is 1. The Morgan fingerprint density at radius 3 is 3.05 bits per heavy atom. The van der Waals surface area contributed by atoms with Gasteiger partial charge in [-0.25, -0.2) is 9.97 Å². The molecular formula is C16H17N5. The lowest BCUT2D eigenvalue weighted by Gasteiger charge is -2.22. The molecular weight excluding hydrogens is 262 g/mol. The van der Waals surface area contributed by atoms with Gasteiger partial charge < -0.3 is 10.2 Å². The van der Waals surface area contributed by atoms with Gasteiger partial charge in [0, 0.05) is 25.5 Å². The Labute approximate surface area is 124 Å². The third-order valence-electron chi connectivity index (χ3n) is 3.78. The fourth-order valence-electron chi connectivity index (χ4n) is 2.73. The summed E-state index contributed by atoms with van der Waals surface area (Å²) in [4.78, 5) is 10.7. The van der Waals surface area contributed by atoms with Crippen LogP contribution in [0.4, 0.5) is 11.6 Å². The van der Waals surface area contributed by atoms with Crippen LogP contribution in [0.15, 0.2) is 36.5 Å². The molecule has 0 spiro atoms. The number of nitrogens with zero attached hydrogens (tertiary/aromatic N) is 4. The SMILES string of the molecule is CN1CCC[C@H](Nc2nccc(C#N)n2)c2ccccc21. The molecule has 21 heavy (non-hydrogen) atoms. The number of nitriles is 1. The van der Waals surface area contributed by atoms with Gasteiger partial charge in [0.1, 0.15) is 11.8 Å². The number of aromatic nitrogens is 2. The van der Waals surface area contributed by atoms with Gasteiger partial charge in [-0.1, -0.05) is 18.2 Å². The molecule has 0 unspecified atom stereocenters. The molecule has 0 bridgehead atoms. The van der Waals surface area contributed by atoms with E-state index in [2.05, 4.69) is 51.5 Å². The van der Waals surface area contributed by atoms with Crippen LogP contribution in [0.25, 0.3) is 0 Å². The van der Waals surface area contributed by atoms with Crippen LogP contribution < -0.4 is 10.2 Å². The summed E-state index contributed by atoms with van der Waals surface area (Å²) in [6.45, 7) is 1.04. The van der Waals surface area contributed by atoms with Crippen molar-refractivity contribution >= 4 is 11.6 Å². The minimum absolute atomic E-state index is 0.167. The maximum Gasteiger partial charge on any atom is 0.224 e. The number of fused-ring (bicyclic) bond motifs is 1. The first-order valence-electron chi connectivity index (χ1n) is 7.07. The fourth-order valence-corrected chi connectivity index (χ4v) is 2.73. The molecule has 5 heteroatoms. The molecule has 0 fully saturated rings. The topological polar surface area (TPSA) is 64.8 Å². The first kappa shape index (κ1) is 13.4. The molecule has 0 saturated carbocycles. The largest absolute Gasteiger partial charge is 0.374 e. The second kappa shape index (κ2) is 5.80. The van der Waals surface area contributed by atoms with Crippen molar-refractivity contribution in [2.45, 2.75) is 18.9 Å². The van der Waals surface area contributed by atoms with E-state index in [1.54, 1.807) is 12.3 Å². The van der Waals surface area contributed by atoms with Crippen LogP contribution in [0.3, 0.4) is 0 Å².